The van der Waals surface area contributed by atoms with Gasteiger partial charge >= 0.3 is 0 Å². The lowest BCUT2D eigenvalue weighted by molar-refractivity contribution is 0.354. The molecule has 0 radical (unpaired) electrons. The van der Waals surface area contributed by atoms with E-state index >= 15 is 0 Å². The van der Waals surface area contributed by atoms with Crippen molar-refractivity contribution in [3.8, 4) is 0 Å². The van der Waals surface area contributed by atoms with Gasteiger partial charge in [0.05, 0.1) is 6.20 Å². The number of nitrogens with zero attached hydrogens (tertiary/aromatic N) is 2. The number of nitrogens with one attached hydrogen (secondary N) is 1. The molecule has 16 heavy (non-hydrogen) atoms. The Balaban J connectivity index is 2.36. The van der Waals surface area contributed by atoms with Gasteiger partial charge in [-0.25, -0.2) is 0 Å². The number of hydrogen-bond donors (Lipinski definition) is 1. The molecule has 2 unspecified atom stereocenters. The highest BCUT2D eigenvalue weighted by Gasteiger charge is 2.14. The summed E-state index contributed by atoms with van der Waals surface area (Å²) in [5.74, 6) is 0.727. The fraction of sp³-hybridized carbons (Fsp3) is 0.769. The van der Waals surface area contributed by atoms with E-state index < -0.39 is 0 Å². The Hall–Kier alpha value is -0.830. The minimum absolute atomic E-state index is 0.654. The summed E-state index contributed by atoms with van der Waals surface area (Å²) in [6.07, 6.45) is 7.66. The fourth-order valence-electron chi connectivity index (χ4n) is 2.21. The molecular weight excluding hydrogens is 198 g/mol. The van der Waals surface area contributed by atoms with Gasteiger partial charge in [-0.05, 0) is 37.3 Å². The van der Waals surface area contributed by atoms with E-state index in [1.165, 1.54) is 18.4 Å². The first-order chi connectivity index (χ1) is 7.67. The Morgan fingerprint density at radius 1 is 1.44 bits per heavy atom. The maximum atomic E-state index is 4.20. The van der Waals surface area contributed by atoms with Crippen LogP contribution >= 0.6 is 0 Å². The molecule has 0 aliphatic carbocycles. The summed E-state index contributed by atoms with van der Waals surface area (Å²) < 4.78 is 1.88. The second-order valence-corrected chi connectivity index (χ2v) is 4.61. The summed E-state index contributed by atoms with van der Waals surface area (Å²) in [5, 5.41) is 7.75. The number of hydrogen-bond acceptors (Lipinski definition) is 2. The van der Waals surface area contributed by atoms with Gasteiger partial charge in [0, 0.05) is 19.3 Å². The van der Waals surface area contributed by atoms with E-state index in [-0.39, 0.29) is 0 Å². The molecule has 0 fully saturated rings. The van der Waals surface area contributed by atoms with Crippen LogP contribution in [0.2, 0.25) is 0 Å². The summed E-state index contributed by atoms with van der Waals surface area (Å²) in [4.78, 5) is 0. The largest absolute Gasteiger partial charge is 0.314 e. The van der Waals surface area contributed by atoms with Gasteiger partial charge in [-0.15, -0.1) is 0 Å². The minimum atomic E-state index is 0.654. The van der Waals surface area contributed by atoms with Crippen LogP contribution in [0, 0.1) is 5.92 Å². The molecule has 92 valence electrons. The van der Waals surface area contributed by atoms with Crippen LogP contribution in [0.5, 0.6) is 0 Å². The van der Waals surface area contributed by atoms with Crippen molar-refractivity contribution in [1.82, 2.24) is 15.1 Å². The summed E-state index contributed by atoms with van der Waals surface area (Å²) in [6, 6.07) is 0.654. The molecule has 0 aliphatic heterocycles. The lowest BCUT2D eigenvalue weighted by atomic mass is 9.93. The predicted molar refractivity (Wildman–Crippen MR) is 68.4 cm³/mol. The Morgan fingerprint density at radius 3 is 2.69 bits per heavy atom. The average Bonchev–Trinajstić information content (AvgIpc) is 2.68. The SMILES string of the molecule is CCNC(CC)C(C)CCc1cnn(C)c1. The Kier molecular flexibility index (Phi) is 5.53. The molecule has 0 spiro atoms. The van der Waals surface area contributed by atoms with Crippen molar-refractivity contribution < 1.29 is 0 Å². The summed E-state index contributed by atoms with van der Waals surface area (Å²) in [6.45, 7) is 7.84. The van der Waals surface area contributed by atoms with E-state index in [1.54, 1.807) is 0 Å². The molecule has 3 heteroatoms. The smallest absolute Gasteiger partial charge is 0.0521 e. The Morgan fingerprint density at radius 2 is 2.19 bits per heavy atom. The van der Waals surface area contributed by atoms with Crippen LogP contribution < -0.4 is 5.32 Å². The zero-order valence-corrected chi connectivity index (χ0v) is 11.0. The second-order valence-electron chi connectivity index (χ2n) is 4.61. The third kappa shape index (κ3) is 3.97. The lowest BCUT2D eigenvalue weighted by Crippen LogP contribution is -2.34. The molecule has 3 nitrogen and oxygen atoms in total. The zero-order chi connectivity index (χ0) is 12.0. The molecular formula is C13H25N3. The Bertz CT molecular complexity index is 293. The first kappa shape index (κ1) is 13.2. The van der Waals surface area contributed by atoms with Gasteiger partial charge in [0.2, 0.25) is 0 Å². The van der Waals surface area contributed by atoms with Crippen LogP contribution in [0.4, 0.5) is 0 Å². The second kappa shape index (κ2) is 6.69. The average molecular weight is 223 g/mol. The maximum Gasteiger partial charge on any atom is 0.0521 e. The first-order valence-corrected chi connectivity index (χ1v) is 6.38. The standard InChI is InChI=1S/C13H25N3/c1-5-13(14-6-2)11(3)7-8-12-9-15-16(4)10-12/h9-11,13-14H,5-8H2,1-4H3. The third-order valence-electron chi connectivity index (χ3n) is 3.24. The molecule has 0 amide bonds. The molecule has 0 saturated heterocycles. The fourth-order valence-corrected chi connectivity index (χ4v) is 2.21. The highest BCUT2D eigenvalue weighted by atomic mass is 15.2. The molecule has 0 bridgehead atoms. The monoisotopic (exact) mass is 223 g/mol. The van der Waals surface area contributed by atoms with Crippen molar-refractivity contribution >= 4 is 0 Å². The molecule has 1 N–H and O–H groups in total. The number of aryl methyl sites for hydroxylation is 2. The van der Waals surface area contributed by atoms with Gasteiger partial charge in [0.1, 0.15) is 0 Å². The summed E-state index contributed by atoms with van der Waals surface area (Å²) in [7, 11) is 1.97. The van der Waals surface area contributed by atoms with E-state index in [1.807, 2.05) is 17.9 Å². The molecule has 1 rings (SSSR count). The maximum absolute atomic E-state index is 4.20. The normalized spacial score (nSPS) is 15.0. The van der Waals surface area contributed by atoms with Crippen molar-refractivity contribution in [3.05, 3.63) is 18.0 Å². The van der Waals surface area contributed by atoms with Gasteiger partial charge in [-0.3, -0.25) is 4.68 Å². The molecule has 0 aliphatic rings. The van der Waals surface area contributed by atoms with Crippen molar-refractivity contribution in [2.45, 2.75) is 46.1 Å². The van der Waals surface area contributed by atoms with Gasteiger partial charge < -0.3 is 5.32 Å². The zero-order valence-electron chi connectivity index (χ0n) is 11.0. The number of rotatable bonds is 7. The molecule has 2 atom stereocenters. The van der Waals surface area contributed by atoms with Gasteiger partial charge in [-0.1, -0.05) is 20.8 Å². The molecule has 1 aromatic rings. The van der Waals surface area contributed by atoms with Gasteiger partial charge in [0.25, 0.3) is 0 Å². The van der Waals surface area contributed by atoms with Crippen LogP contribution in [0.1, 0.15) is 39.2 Å². The van der Waals surface area contributed by atoms with Gasteiger partial charge in [0.15, 0.2) is 0 Å². The van der Waals surface area contributed by atoms with E-state index in [0.29, 0.717) is 6.04 Å². The number of aromatic nitrogens is 2. The molecule has 1 aromatic heterocycles. The van der Waals surface area contributed by atoms with Crippen LogP contribution in [-0.4, -0.2) is 22.4 Å². The minimum Gasteiger partial charge on any atom is -0.314 e. The Labute approximate surface area is 99.2 Å². The van der Waals surface area contributed by atoms with Crippen LogP contribution in [0.15, 0.2) is 12.4 Å². The third-order valence-corrected chi connectivity index (χ3v) is 3.24. The molecule has 0 aromatic carbocycles. The van der Waals surface area contributed by atoms with Crippen LogP contribution in [0.25, 0.3) is 0 Å². The quantitative estimate of drug-likeness (QED) is 0.769. The van der Waals surface area contributed by atoms with E-state index in [4.69, 9.17) is 0 Å². The van der Waals surface area contributed by atoms with E-state index in [0.717, 1.165) is 18.9 Å². The first-order valence-electron chi connectivity index (χ1n) is 6.38. The summed E-state index contributed by atoms with van der Waals surface area (Å²) in [5.41, 5.74) is 1.35. The van der Waals surface area contributed by atoms with Crippen LogP contribution in [0.3, 0.4) is 0 Å². The predicted octanol–water partition coefficient (Wildman–Crippen LogP) is 2.38. The summed E-state index contributed by atoms with van der Waals surface area (Å²) >= 11 is 0. The van der Waals surface area contributed by atoms with E-state index in [9.17, 15) is 0 Å². The van der Waals surface area contributed by atoms with Crippen molar-refractivity contribution in [2.75, 3.05) is 6.54 Å². The van der Waals surface area contributed by atoms with Gasteiger partial charge in [-0.2, -0.15) is 5.10 Å². The van der Waals surface area contributed by atoms with Crippen LogP contribution in [-0.2, 0) is 13.5 Å². The highest BCUT2D eigenvalue weighted by molar-refractivity contribution is 5.03. The van der Waals surface area contributed by atoms with E-state index in [2.05, 4.69) is 37.4 Å². The molecule has 1 heterocycles. The molecule has 0 saturated carbocycles. The van der Waals surface area contributed by atoms with Crippen molar-refractivity contribution in [2.24, 2.45) is 13.0 Å². The topological polar surface area (TPSA) is 29.9 Å². The van der Waals surface area contributed by atoms with Crippen molar-refractivity contribution in [1.29, 1.82) is 0 Å². The lowest BCUT2D eigenvalue weighted by Gasteiger charge is -2.23. The highest BCUT2D eigenvalue weighted by Crippen LogP contribution is 2.14. The van der Waals surface area contributed by atoms with Crippen molar-refractivity contribution in [3.63, 3.8) is 0 Å².